The van der Waals surface area contributed by atoms with Gasteiger partial charge >= 0.3 is 0 Å². The minimum Gasteiger partial charge on any atom is -0.497 e. The van der Waals surface area contributed by atoms with Crippen molar-refractivity contribution in [2.75, 3.05) is 7.11 Å². The SMILES string of the molecule is COc1ccc(-c2nc(O)cs2)cc1. The smallest absolute Gasteiger partial charge is 0.222 e. The summed E-state index contributed by atoms with van der Waals surface area (Å²) in [6, 6.07) is 7.57. The number of methoxy groups -OCH3 is 1. The molecule has 0 atom stereocenters. The van der Waals surface area contributed by atoms with Crippen LogP contribution in [0.1, 0.15) is 0 Å². The fourth-order valence-corrected chi connectivity index (χ4v) is 1.82. The third-order valence-electron chi connectivity index (χ3n) is 1.83. The lowest BCUT2D eigenvalue weighted by Gasteiger charge is -1.99. The van der Waals surface area contributed by atoms with Gasteiger partial charge in [0.25, 0.3) is 0 Å². The molecular weight excluding hydrogens is 198 g/mol. The van der Waals surface area contributed by atoms with E-state index in [2.05, 4.69) is 4.98 Å². The molecular formula is C10H9NO2S. The first-order chi connectivity index (χ1) is 6.79. The summed E-state index contributed by atoms with van der Waals surface area (Å²) in [7, 11) is 1.63. The highest BCUT2D eigenvalue weighted by Gasteiger charge is 2.03. The van der Waals surface area contributed by atoms with Crippen LogP contribution in [0.3, 0.4) is 0 Å². The Kier molecular flexibility index (Phi) is 2.37. The molecule has 0 bridgehead atoms. The van der Waals surface area contributed by atoms with Gasteiger partial charge in [-0.25, -0.2) is 4.98 Å². The molecule has 0 radical (unpaired) electrons. The number of aromatic nitrogens is 1. The molecule has 0 saturated carbocycles. The van der Waals surface area contributed by atoms with Gasteiger partial charge in [0.05, 0.1) is 12.5 Å². The average molecular weight is 207 g/mol. The molecule has 1 N–H and O–H groups in total. The Hall–Kier alpha value is -1.55. The molecule has 1 aromatic heterocycles. The highest BCUT2D eigenvalue weighted by atomic mass is 32.1. The second-order valence-corrected chi connectivity index (χ2v) is 3.60. The van der Waals surface area contributed by atoms with E-state index in [1.807, 2.05) is 24.3 Å². The number of thiazole rings is 1. The van der Waals surface area contributed by atoms with Crippen LogP contribution >= 0.6 is 11.3 Å². The van der Waals surface area contributed by atoms with Crippen LogP contribution in [-0.4, -0.2) is 17.2 Å². The van der Waals surface area contributed by atoms with Gasteiger partial charge in [-0.2, -0.15) is 0 Å². The van der Waals surface area contributed by atoms with E-state index in [0.717, 1.165) is 16.3 Å². The Morgan fingerprint density at radius 1 is 1.29 bits per heavy atom. The molecule has 1 aromatic carbocycles. The van der Waals surface area contributed by atoms with Gasteiger partial charge in [-0.3, -0.25) is 0 Å². The maximum Gasteiger partial charge on any atom is 0.222 e. The molecule has 4 heteroatoms. The van der Waals surface area contributed by atoms with Gasteiger partial charge < -0.3 is 9.84 Å². The lowest BCUT2D eigenvalue weighted by molar-refractivity contribution is 0.415. The van der Waals surface area contributed by atoms with Crippen LogP contribution in [0, 0.1) is 0 Å². The van der Waals surface area contributed by atoms with Crippen molar-refractivity contribution in [1.29, 1.82) is 0 Å². The van der Waals surface area contributed by atoms with Crippen molar-refractivity contribution in [2.45, 2.75) is 0 Å². The van der Waals surface area contributed by atoms with E-state index in [1.54, 1.807) is 12.5 Å². The Morgan fingerprint density at radius 3 is 2.50 bits per heavy atom. The summed E-state index contributed by atoms with van der Waals surface area (Å²) in [6.45, 7) is 0. The lowest BCUT2D eigenvalue weighted by Crippen LogP contribution is -1.81. The van der Waals surface area contributed by atoms with Crippen molar-refractivity contribution >= 4 is 11.3 Å². The average Bonchev–Trinajstić information content (AvgIpc) is 2.65. The zero-order valence-electron chi connectivity index (χ0n) is 7.60. The monoisotopic (exact) mass is 207 g/mol. The molecule has 72 valence electrons. The summed E-state index contributed by atoms with van der Waals surface area (Å²) in [4.78, 5) is 3.97. The Balaban J connectivity index is 2.33. The van der Waals surface area contributed by atoms with Crippen molar-refractivity contribution in [2.24, 2.45) is 0 Å². The molecule has 2 aromatic rings. The zero-order valence-corrected chi connectivity index (χ0v) is 8.41. The first-order valence-corrected chi connectivity index (χ1v) is 4.96. The summed E-state index contributed by atoms with van der Waals surface area (Å²) in [5.74, 6) is 0.885. The summed E-state index contributed by atoms with van der Waals surface area (Å²) in [5.41, 5.74) is 0.983. The number of ether oxygens (including phenoxy) is 1. The highest BCUT2D eigenvalue weighted by molar-refractivity contribution is 7.13. The molecule has 0 fully saturated rings. The van der Waals surface area contributed by atoms with Crippen molar-refractivity contribution in [3.8, 4) is 22.2 Å². The lowest BCUT2D eigenvalue weighted by atomic mass is 10.2. The quantitative estimate of drug-likeness (QED) is 0.822. The van der Waals surface area contributed by atoms with E-state index in [0.29, 0.717) is 0 Å². The molecule has 0 aliphatic heterocycles. The maximum atomic E-state index is 9.09. The molecule has 0 aliphatic rings. The van der Waals surface area contributed by atoms with Gasteiger partial charge in [0.2, 0.25) is 5.88 Å². The van der Waals surface area contributed by atoms with E-state index in [4.69, 9.17) is 9.84 Å². The largest absolute Gasteiger partial charge is 0.497 e. The summed E-state index contributed by atoms with van der Waals surface area (Å²) in [6.07, 6.45) is 0. The van der Waals surface area contributed by atoms with Crippen molar-refractivity contribution in [1.82, 2.24) is 4.98 Å². The molecule has 0 spiro atoms. The van der Waals surface area contributed by atoms with Crippen molar-refractivity contribution in [3.63, 3.8) is 0 Å². The van der Waals surface area contributed by atoms with Gasteiger partial charge in [-0.15, -0.1) is 11.3 Å². The van der Waals surface area contributed by atoms with Crippen molar-refractivity contribution < 1.29 is 9.84 Å². The fourth-order valence-electron chi connectivity index (χ4n) is 1.13. The molecule has 0 aliphatic carbocycles. The minimum atomic E-state index is 0.0702. The number of benzene rings is 1. The summed E-state index contributed by atoms with van der Waals surface area (Å²) in [5, 5.41) is 11.5. The second-order valence-electron chi connectivity index (χ2n) is 2.74. The van der Waals surface area contributed by atoms with Crippen molar-refractivity contribution in [3.05, 3.63) is 29.6 Å². The standard InChI is InChI=1S/C10H9NO2S/c1-13-8-4-2-7(3-5-8)10-11-9(12)6-14-10/h2-6,12H,1H3. The molecule has 0 amide bonds. The molecule has 1 heterocycles. The van der Waals surface area contributed by atoms with Crippen LogP contribution < -0.4 is 4.74 Å². The van der Waals surface area contributed by atoms with E-state index >= 15 is 0 Å². The number of aromatic hydroxyl groups is 1. The molecule has 2 rings (SSSR count). The van der Waals surface area contributed by atoms with Gasteiger partial charge in [-0.05, 0) is 24.3 Å². The van der Waals surface area contributed by atoms with E-state index in [-0.39, 0.29) is 5.88 Å². The van der Waals surface area contributed by atoms with Crippen LogP contribution in [0.4, 0.5) is 0 Å². The normalized spacial score (nSPS) is 10.1. The van der Waals surface area contributed by atoms with Crippen LogP contribution in [0.15, 0.2) is 29.6 Å². The Labute approximate surface area is 85.6 Å². The van der Waals surface area contributed by atoms with Crippen LogP contribution in [0.2, 0.25) is 0 Å². The fraction of sp³-hybridized carbons (Fsp3) is 0.100. The zero-order chi connectivity index (χ0) is 9.97. The van der Waals surface area contributed by atoms with Gasteiger partial charge in [0.15, 0.2) is 0 Å². The molecule has 0 saturated heterocycles. The molecule has 14 heavy (non-hydrogen) atoms. The number of hydrogen-bond donors (Lipinski definition) is 1. The summed E-state index contributed by atoms with van der Waals surface area (Å²) < 4.78 is 5.04. The first kappa shape index (κ1) is 9.02. The van der Waals surface area contributed by atoms with Gasteiger partial charge in [-0.1, -0.05) is 0 Å². The third kappa shape index (κ3) is 1.70. The maximum absolute atomic E-state index is 9.09. The van der Waals surface area contributed by atoms with Crippen LogP contribution in [0.5, 0.6) is 11.6 Å². The van der Waals surface area contributed by atoms with E-state index < -0.39 is 0 Å². The molecule has 0 unspecified atom stereocenters. The Morgan fingerprint density at radius 2 is 2.00 bits per heavy atom. The summed E-state index contributed by atoms with van der Waals surface area (Å²) >= 11 is 1.41. The van der Waals surface area contributed by atoms with Gasteiger partial charge in [0.1, 0.15) is 10.8 Å². The number of rotatable bonds is 2. The molecule has 3 nitrogen and oxygen atoms in total. The first-order valence-electron chi connectivity index (χ1n) is 4.08. The van der Waals surface area contributed by atoms with Crippen LogP contribution in [0.25, 0.3) is 10.6 Å². The predicted octanol–water partition coefficient (Wildman–Crippen LogP) is 2.52. The van der Waals surface area contributed by atoms with Gasteiger partial charge in [0, 0.05) is 5.56 Å². The predicted molar refractivity (Wildman–Crippen MR) is 55.8 cm³/mol. The van der Waals surface area contributed by atoms with E-state index in [9.17, 15) is 0 Å². The van der Waals surface area contributed by atoms with E-state index in [1.165, 1.54) is 11.3 Å². The second kappa shape index (κ2) is 3.67. The topological polar surface area (TPSA) is 42.4 Å². The van der Waals surface area contributed by atoms with Crippen LogP contribution in [-0.2, 0) is 0 Å². The number of nitrogens with zero attached hydrogens (tertiary/aromatic N) is 1. The minimum absolute atomic E-state index is 0.0702. The highest BCUT2D eigenvalue weighted by Crippen LogP contribution is 2.27. The number of hydrogen-bond acceptors (Lipinski definition) is 4. The Bertz CT molecular complexity index is 422. The third-order valence-corrected chi connectivity index (χ3v) is 2.71.